The van der Waals surface area contributed by atoms with Crippen LogP contribution in [0.3, 0.4) is 0 Å². The monoisotopic (exact) mass is 392 g/mol. The quantitative estimate of drug-likeness (QED) is 0.559. The van der Waals surface area contributed by atoms with E-state index in [1.54, 1.807) is 12.1 Å². The van der Waals surface area contributed by atoms with Crippen molar-refractivity contribution in [3.05, 3.63) is 36.2 Å². The van der Waals surface area contributed by atoms with E-state index in [1.165, 1.54) is 24.9 Å². The van der Waals surface area contributed by atoms with E-state index in [0.29, 0.717) is 17.5 Å². The minimum Gasteiger partial charge on any atom is -0.449 e. The van der Waals surface area contributed by atoms with Crippen molar-refractivity contribution in [2.75, 3.05) is 18.6 Å². The average molecular weight is 392 g/mol. The van der Waals surface area contributed by atoms with Gasteiger partial charge in [-0.1, -0.05) is 12.1 Å². The Morgan fingerprint density at radius 2 is 2.11 bits per heavy atom. The highest BCUT2D eigenvalue weighted by atomic mass is 32.2. The number of sulfone groups is 1. The van der Waals surface area contributed by atoms with Gasteiger partial charge in [-0.15, -0.1) is 0 Å². The Kier molecular flexibility index (Phi) is 5.31. The number of ether oxygens (including phenoxy) is 1. The number of aromatic nitrogens is 1. The molecule has 1 aliphatic heterocycles. The van der Waals surface area contributed by atoms with Crippen LogP contribution in [0.2, 0.25) is 0 Å². The number of carbonyl (C=O) groups excluding carboxylic acids is 2. The number of nitrogens with zero attached hydrogens (tertiary/aromatic N) is 2. The largest absolute Gasteiger partial charge is 0.449 e. The Morgan fingerprint density at radius 1 is 1.37 bits per heavy atom. The Hall–Kier alpha value is -2.68. The summed E-state index contributed by atoms with van der Waals surface area (Å²) < 4.78 is 33.7. The van der Waals surface area contributed by atoms with Crippen LogP contribution in [0.15, 0.2) is 34.8 Å². The number of rotatable bonds is 5. The van der Waals surface area contributed by atoms with Gasteiger partial charge in [0.05, 0.1) is 11.5 Å². The predicted octanol–water partition coefficient (Wildman–Crippen LogP) is 1.42. The first-order valence-electron chi connectivity index (χ1n) is 8.46. The molecule has 8 nitrogen and oxygen atoms in total. The molecule has 2 aromatic rings. The number of likely N-dealkylation sites (N-methyl/N-ethyl adjacent to an activating group) is 1. The highest BCUT2D eigenvalue weighted by molar-refractivity contribution is 7.91. The highest BCUT2D eigenvalue weighted by Crippen LogP contribution is 2.18. The van der Waals surface area contributed by atoms with Crippen molar-refractivity contribution in [3.63, 3.8) is 0 Å². The van der Waals surface area contributed by atoms with E-state index in [0.717, 1.165) is 6.08 Å². The molecule has 0 saturated carbocycles. The van der Waals surface area contributed by atoms with Gasteiger partial charge in [0.25, 0.3) is 5.91 Å². The molecule has 1 aromatic carbocycles. The number of esters is 1. The van der Waals surface area contributed by atoms with Crippen LogP contribution in [-0.4, -0.2) is 60.9 Å². The molecule has 0 radical (unpaired) electrons. The van der Waals surface area contributed by atoms with E-state index in [1.807, 2.05) is 12.1 Å². The number of benzene rings is 1. The van der Waals surface area contributed by atoms with Crippen molar-refractivity contribution in [2.24, 2.45) is 0 Å². The third-order valence-corrected chi connectivity index (χ3v) is 6.17. The Bertz CT molecular complexity index is 961. The fourth-order valence-electron chi connectivity index (χ4n) is 2.91. The molecule has 2 heterocycles. The van der Waals surface area contributed by atoms with Crippen LogP contribution in [0.5, 0.6) is 0 Å². The number of hydrogen-bond donors (Lipinski definition) is 0. The van der Waals surface area contributed by atoms with Gasteiger partial charge in [0.15, 0.2) is 21.5 Å². The van der Waals surface area contributed by atoms with Crippen molar-refractivity contribution in [3.8, 4) is 0 Å². The second-order valence-electron chi connectivity index (χ2n) is 6.44. The highest BCUT2D eigenvalue weighted by Gasteiger charge is 2.34. The number of carbonyl (C=O) groups is 2. The molecule has 0 N–H and O–H groups in total. The van der Waals surface area contributed by atoms with Crippen molar-refractivity contribution < 1.29 is 27.2 Å². The molecular formula is C18H20N2O6S. The number of oxazole rings is 1. The molecule has 3 rings (SSSR count). The number of hydrogen-bond acceptors (Lipinski definition) is 7. The zero-order valence-corrected chi connectivity index (χ0v) is 15.8. The van der Waals surface area contributed by atoms with Crippen molar-refractivity contribution >= 4 is 38.9 Å². The molecule has 0 bridgehead atoms. The molecule has 0 unspecified atom stereocenters. The second kappa shape index (κ2) is 7.51. The van der Waals surface area contributed by atoms with Gasteiger partial charge in [-0.2, -0.15) is 0 Å². The second-order valence-corrected chi connectivity index (χ2v) is 8.67. The number of fused-ring (bicyclic) bond motifs is 1. The SMILES string of the molecule is C[C@@H](OC(=O)/C=C/c1nc2ccccc2o1)C(=O)N(C)[C@@H]1CCS(=O)(=O)C1. The summed E-state index contributed by atoms with van der Waals surface area (Å²) >= 11 is 0. The summed E-state index contributed by atoms with van der Waals surface area (Å²) in [5, 5.41) is 0. The minimum absolute atomic E-state index is 0.0620. The topological polar surface area (TPSA) is 107 Å². The van der Waals surface area contributed by atoms with Crippen LogP contribution >= 0.6 is 0 Å². The first-order valence-corrected chi connectivity index (χ1v) is 10.3. The van der Waals surface area contributed by atoms with Gasteiger partial charge >= 0.3 is 5.97 Å². The van der Waals surface area contributed by atoms with E-state index >= 15 is 0 Å². The third kappa shape index (κ3) is 4.54. The Morgan fingerprint density at radius 3 is 2.78 bits per heavy atom. The summed E-state index contributed by atoms with van der Waals surface area (Å²) in [7, 11) is -1.58. The van der Waals surface area contributed by atoms with Gasteiger partial charge in [-0.25, -0.2) is 18.2 Å². The Balaban J connectivity index is 1.57. The van der Waals surface area contributed by atoms with Crippen molar-refractivity contribution in [2.45, 2.75) is 25.5 Å². The molecule has 1 saturated heterocycles. The molecule has 1 amide bonds. The molecule has 2 atom stereocenters. The summed E-state index contributed by atoms with van der Waals surface area (Å²) in [6.07, 6.45) is 1.86. The van der Waals surface area contributed by atoms with Crippen molar-refractivity contribution in [1.29, 1.82) is 0 Å². The number of amides is 1. The molecule has 1 aromatic heterocycles. The Labute approximate surface area is 156 Å². The fourth-order valence-corrected chi connectivity index (χ4v) is 4.69. The van der Waals surface area contributed by atoms with E-state index < -0.39 is 27.8 Å². The molecular weight excluding hydrogens is 372 g/mol. The first kappa shape index (κ1) is 19.1. The number of para-hydroxylation sites is 2. The van der Waals surface area contributed by atoms with E-state index in [2.05, 4.69) is 4.98 Å². The van der Waals surface area contributed by atoms with Crippen molar-refractivity contribution in [1.82, 2.24) is 9.88 Å². The van der Waals surface area contributed by atoms with E-state index in [-0.39, 0.29) is 23.4 Å². The lowest BCUT2D eigenvalue weighted by atomic mass is 10.2. The third-order valence-electron chi connectivity index (χ3n) is 4.42. The predicted molar refractivity (Wildman–Crippen MR) is 98.4 cm³/mol. The summed E-state index contributed by atoms with van der Waals surface area (Å²) in [6, 6.07) is 6.80. The normalized spacial score (nSPS) is 20.0. The average Bonchev–Trinajstić information content (AvgIpc) is 3.21. The van der Waals surface area contributed by atoms with Gasteiger partial charge in [0, 0.05) is 25.2 Å². The zero-order chi connectivity index (χ0) is 19.6. The molecule has 144 valence electrons. The maximum atomic E-state index is 12.4. The van der Waals surface area contributed by atoms with Crippen LogP contribution in [0.4, 0.5) is 0 Å². The lowest BCUT2D eigenvalue weighted by molar-refractivity contribution is -0.155. The van der Waals surface area contributed by atoms with Crippen LogP contribution < -0.4 is 0 Å². The molecule has 0 aliphatic carbocycles. The van der Waals surface area contributed by atoms with Crippen LogP contribution in [0.25, 0.3) is 17.2 Å². The zero-order valence-electron chi connectivity index (χ0n) is 15.0. The van der Waals surface area contributed by atoms with Gasteiger partial charge in [-0.3, -0.25) is 4.79 Å². The molecule has 9 heteroatoms. The lowest BCUT2D eigenvalue weighted by Gasteiger charge is -2.26. The van der Waals surface area contributed by atoms with Crippen LogP contribution in [0.1, 0.15) is 19.2 Å². The first-order chi connectivity index (χ1) is 12.7. The van der Waals surface area contributed by atoms with E-state index in [4.69, 9.17) is 9.15 Å². The smallest absolute Gasteiger partial charge is 0.331 e. The lowest BCUT2D eigenvalue weighted by Crippen LogP contribution is -2.44. The molecule has 27 heavy (non-hydrogen) atoms. The van der Waals surface area contributed by atoms with Crippen LogP contribution in [0, 0.1) is 0 Å². The molecule has 1 aliphatic rings. The standard InChI is InChI=1S/C18H20N2O6S/c1-12(18(22)20(2)13-9-10-27(23,24)11-13)25-17(21)8-7-16-19-14-5-3-4-6-15(14)26-16/h3-8,12-13H,9-11H2,1-2H3/b8-7+/t12-,13-/m1/s1. The van der Waals surface area contributed by atoms with Crippen LogP contribution in [-0.2, 0) is 24.2 Å². The fraction of sp³-hybridized carbons (Fsp3) is 0.389. The molecule has 1 fully saturated rings. The summed E-state index contributed by atoms with van der Waals surface area (Å²) in [5.74, 6) is -0.906. The summed E-state index contributed by atoms with van der Waals surface area (Å²) in [4.78, 5) is 29.9. The van der Waals surface area contributed by atoms with Gasteiger partial charge in [0.2, 0.25) is 5.89 Å². The maximum absolute atomic E-state index is 12.4. The van der Waals surface area contributed by atoms with Gasteiger partial charge in [-0.05, 0) is 25.5 Å². The maximum Gasteiger partial charge on any atom is 0.331 e. The molecule has 0 spiro atoms. The summed E-state index contributed by atoms with van der Waals surface area (Å²) in [5.41, 5.74) is 1.27. The van der Waals surface area contributed by atoms with Gasteiger partial charge in [0.1, 0.15) is 5.52 Å². The minimum atomic E-state index is -3.10. The summed E-state index contributed by atoms with van der Waals surface area (Å²) in [6.45, 7) is 1.45. The van der Waals surface area contributed by atoms with E-state index in [9.17, 15) is 18.0 Å². The van der Waals surface area contributed by atoms with Gasteiger partial charge < -0.3 is 14.1 Å².